The Kier molecular flexibility index (Phi) is 3.65. The fourth-order valence-corrected chi connectivity index (χ4v) is 2.02. The molecule has 0 heterocycles. The molecule has 0 nitrogen and oxygen atoms in total. The fraction of sp³-hybridized carbons (Fsp3) is 0.111. The molecule has 0 bridgehead atoms. The van der Waals surface area contributed by atoms with Gasteiger partial charge in [-0.2, -0.15) is 0 Å². The minimum absolute atomic E-state index is 0.958. The number of allylic oxidation sites excluding steroid dienone is 1. The van der Waals surface area contributed by atoms with Crippen molar-refractivity contribution in [1.82, 2.24) is 0 Å². The van der Waals surface area contributed by atoms with E-state index in [-0.39, 0.29) is 0 Å². The highest BCUT2D eigenvalue weighted by Crippen LogP contribution is 2.26. The number of benzene rings is 2. The lowest BCUT2D eigenvalue weighted by molar-refractivity contribution is 1.46. The first kappa shape index (κ1) is 12.2. The molecule has 0 amide bonds. The Bertz CT molecular complexity index is 607. The van der Waals surface area contributed by atoms with E-state index in [4.69, 9.17) is 6.42 Å². The van der Waals surface area contributed by atoms with Crippen molar-refractivity contribution in [3.05, 3.63) is 65.2 Å². The lowest BCUT2D eigenvalue weighted by atomic mass is 9.95. The summed E-state index contributed by atoms with van der Waals surface area (Å²) in [5.74, 6) is 2.81. The number of aryl methyl sites for hydroxylation is 1. The molecule has 18 heavy (non-hydrogen) atoms. The maximum absolute atomic E-state index is 5.67. The van der Waals surface area contributed by atoms with Crippen molar-refractivity contribution >= 4 is 6.08 Å². The molecule has 2 rings (SSSR count). The van der Waals surface area contributed by atoms with E-state index in [0.29, 0.717) is 0 Å². The zero-order chi connectivity index (χ0) is 13.0. The largest absolute Gasteiger partial charge is 0.115 e. The first-order chi connectivity index (χ1) is 8.76. The Balaban J connectivity index is 2.61. The molecule has 0 unspecified atom stereocenters. The predicted molar refractivity (Wildman–Crippen MR) is 79.3 cm³/mol. The maximum Gasteiger partial charge on any atom is 0.0393 e. The third-order valence-corrected chi connectivity index (χ3v) is 2.95. The summed E-state index contributed by atoms with van der Waals surface area (Å²) in [4.78, 5) is 0. The summed E-state index contributed by atoms with van der Waals surface area (Å²) in [5.41, 5.74) is 5.59. The molecule has 88 valence electrons. The molecule has 0 atom stereocenters. The SMILES string of the molecule is C#Cc1c(/C=C\C)cccc1-c1ccc(C)cc1. The van der Waals surface area contributed by atoms with Crippen LogP contribution in [0, 0.1) is 19.3 Å². The topological polar surface area (TPSA) is 0 Å². The van der Waals surface area contributed by atoms with Gasteiger partial charge in [0.2, 0.25) is 0 Å². The quantitative estimate of drug-likeness (QED) is 0.660. The van der Waals surface area contributed by atoms with E-state index in [2.05, 4.69) is 43.2 Å². The Morgan fingerprint density at radius 3 is 2.39 bits per heavy atom. The second-order valence-electron chi connectivity index (χ2n) is 4.28. The van der Waals surface area contributed by atoms with Crippen molar-refractivity contribution in [2.24, 2.45) is 0 Å². The van der Waals surface area contributed by atoms with E-state index in [1.807, 2.05) is 31.2 Å². The molecule has 0 aromatic heterocycles. The van der Waals surface area contributed by atoms with E-state index in [1.54, 1.807) is 0 Å². The van der Waals surface area contributed by atoms with Crippen molar-refractivity contribution in [2.45, 2.75) is 13.8 Å². The maximum atomic E-state index is 5.67. The van der Waals surface area contributed by atoms with Crippen LogP contribution in [-0.2, 0) is 0 Å². The summed E-state index contributed by atoms with van der Waals surface area (Å²) >= 11 is 0. The summed E-state index contributed by atoms with van der Waals surface area (Å²) in [6, 6.07) is 14.6. The van der Waals surface area contributed by atoms with Gasteiger partial charge in [-0.15, -0.1) is 6.42 Å². The second-order valence-corrected chi connectivity index (χ2v) is 4.28. The van der Waals surface area contributed by atoms with Gasteiger partial charge < -0.3 is 0 Å². The van der Waals surface area contributed by atoms with Crippen molar-refractivity contribution in [2.75, 3.05) is 0 Å². The van der Waals surface area contributed by atoms with Crippen LogP contribution in [0.5, 0.6) is 0 Å². The predicted octanol–water partition coefficient (Wildman–Crippen LogP) is 4.68. The van der Waals surface area contributed by atoms with Gasteiger partial charge in [-0.05, 0) is 30.5 Å². The minimum atomic E-state index is 0.958. The van der Waals surface area contributed by atoms with Crippen LogP contribution in [0.15, 0.2) is 48.5 Å². The molecule has 0 N–H and O–H groups in total. The second kappa shape index (κ2) is 5.38. The molecule has 0 saturated heterocycles. The van der Waals surface area contributed by atoms with Crippen molar-refractivity contribution < 1.29 is 0 Å². The van der Waals surface area contributed by atoms with Gasteiger partial charge >= 0.3 is 0 Å². The molecule has 0 fully saturated rings. The zero-order valence-electron chi connectivity index (χ0n) is 10.8. The normalized spacial score (nSPS) is 10.5. The molecule has 0 spiro atoms. The molecular weight excluding hydrogens is 216 g/mol. The Morgan fingerprint density at radius 2 is 1.78 bits per heavy atom. The van der Waals surface area contributed by atoms with Crippen LogP contribution in [0.25, 0.3) is 17.2 Å². The summed E-state index contributed by atoms with van der Waals surface area (Å²) in [5, 5.41) is 0. The number of terminal acetylenes is 1. The average molecular weight is 232 g/mol. The molecule has 2 aromatic rings. The first-order valence-electron chi connectivity index (χ1n) is 6.05. The van der Waals surface area contributed by atoms with Gasteiger partial charge in [0.25, 0.3) is 0 Å². The Morgan fingerprint density at radius 1 is 1.06 bits per heavy atom. The van der Waals surface area contributed by atoms with Crippen LogP contribution in [0.3, 0.4) is 0 Å². The molecule has 0 aliphatic rings. The van der Waals surface area contributed by atoms with Crippen LogP contribution in [0.1, 0.15) is 23.6 Å². The summed E-state index contributed by atoms with van der Waals surface area (Å²) in [6.07, 6.45) is 9.72. The van der Waals surface area contributed by atoms with E-state index in [9.17, 15) is 0 Å². The molecule has 0 radical (unpaired) electrons. The van der Waals surface area contributed by atoms with Gasteiger partial charge in [0.15, 0.2) is 0 Å². The molecule has 0 aliphatic heterocycles. The van der Waals surface area contributed by atoms with Crippen molar-refractivity contribution in [3.63, 3.8) is 0 Å². The van der Waals surface area contributed by atoms with Gasteiger partial charge in [0, 0.05) is 5.56 Å². The van der Waals surface area contributed by atoms with Gasteiger partial charge in [0.1, 0.15) is 0 Å². The monoisotopic (exact) mass is 232 g/mol. The smallest absolute Gasteiger partial charge is 0.0393 e. The van der Waals surface area contributed by atoms with E-state index < -0.39 is 0 Å². The number of rotatable bonds is 2. The van der Waals surface area contributed by atoms with Crippen molar-refractivity contribution in [3.8, 4) is 23.5 Å². The molecule has 0 aliphatic carbocycles. The minimum Gasteiger partial charge on any atom is -0.115 e. The Labute approximate surface area is 109 Å². The zero-order valence-corrected chi connectivity index (χ0v) is 10.8. The number of hydrogen-bond donors (Lipinski definition) is 0. The number of hydrogen-bond acceptors (Lipinski definition) is 0. The highest BCUT2D eigenvalue weighted by Gasteiger charge is 2.06. The van der Waals surface area contributed by atoms with E-state index >= 15 is 0 Å². The van der Waals surface area contributed by atoms with Gasteiger partial charge in [-0.1, -0.05) is 66.1 Å². The fourth-order valence-electron chi connectivity index (χ4n) is 2.02. The highest BCUT2D eigenvalue weighted by molar-refractivity contribution is 5.76. The van der Waals surface area contributed by atoms with Gasteiger partial charge in [-0.25, -0.2) is 0 Å². The first-order valence-corrected chi connectivity index (χ1v) is 6.05. The lowest BCUT2D eigenvalue weighted by Crippen LogP contribution is -1.88. The van der Waals surface area contributed by atoms with Crippen LogP contribution in [-0.4, -0.2) is 0 Å². The van der Waals surface area contributed by atoms with Gasteiger partial charge in [0.05, 0.1) is 0 Å². The summed E-state index contributed by atoms with van der Waals surface area (Å²) in [6.45, 7) is 4.08. The molecule has 0 saturated carbocycles. The summed E-state index contributed by atoms with van der Waals surface area (Å²) < 4.78 is 0. The molecular formula is C18H16. The van der Waals surface area contributed by atoms with E-state index in [0.717, 1.165) is 16.7 Å². The van der Waals surface area contributed by atoms with Crippen molar-refractivity contribution in [1.29, 1.82) is 0 Å². The van der Waals surface area contributed by atoms with Crippen LogP contribution in [0.2, 0.25) is 0 Å². The third kappa shape index (κ3) is 2.36. The van der Waals surface area contributed by atoms with E-state index in [1.165, 1.54) is 11.1 Å². The molecule has 2 aromatic carbocycles. The average Bonchev–Trinajstić information content (AvgIpc) is 2.40. The lowest BCUT2D eigenvalue weighted by Gasteiger charge is -2.08. The highest BCUT2D eigenvalue weighted by atomic mass is 14.1. The standard InChI is InChI=1S/C18H16/c1-4-7-15-8-6-9-18(17(15)5-2)16-12-10-14(3)11-13-16/h2,4,6-13H,1,3H3/b7-4-. The third-order valence-electron chi connectivity index (χ3n) is 2.95. The van der Waals surface area contributed by atoms with Gasteiger partial charge in [-0.3, -0.25) is 0 Å². The van der Waals surface area contributed by atoms with Crippen LogP contribution >= 0.6 is 0 Å². The summed E-state index contributed by atoms with van der Waals surface area (Å²) in [7, 11) is 0. The Hall–Kier alpha value is -2.26. The van der Waals surface area contributed by atoms with Crippen LogP contribution < -0.4 is 0 Å². The molecule has 0 heteroatoms. The van der Waals surface area contributed by atoms with Crippen LogP contribution in [0.4, 0.5) is 0 Å².